The van der Waals surface area contributed by atoms with E-state index >= 15 is 0 Å². The summed E-state index contributed by atoms with van der Waals surface area (Å²) in [5, 5.41) is 0. The van der Waals surface area contributed by atoms with E-state index in [2.05, 4.69) is 11.8 Å². The molecule has 0 N–H and O–H groups in total. The van der Waals surface area contributed by atoms with Gasteiger partial charge in [0.05, 0.1) is 5.92 Å². The van der Waals surface area contributed by atoms with Crippen molar-refractivity contribution in [1.29, 1.82) is 0 Å². The summed E-state index contributed by atoms with van der Waals surface area (Å²) in [4.78, 5) is 2.34. The number of hydrogen-bond donors (Lipinski definition) is 0. The molecule has 3 aliphatic rings. The van der Waals surface area contributed by atoms with Crippen LogP contribution in [0, 0.1) is 23.7 Å². The van der Waals surface area contributed by atoms with Crippen molar-refractivity contribution >= 4 is 5.69 Å². The van der Waals surface area contributed by atoms with Gasteiger partial charge in [-0.25, -0.2) is 0 Å². The van der Waals surface area contributed by atoms with Gasteiger partial charge in [-0.1, -0.05) is 45.4 Å². The molecule has 0 amide bonds. The van der Waals surface area contributed by atoms with Gasteiger partial charge in [0.25, 0.3) is 0 Å². The Hall–Kier alpha value is -1.32. The lowest BCUT2D eigenvalue weighted by molar-refractivity contribution is -0.224. The molecular weight excluding hydrogens is 416 g/mol. The summed E-state index contributed by atoms with van der Waals surface area (Å²) in [6, 6.07) is 7.32. The Morgan fingerprint density at radius 2 is 1.42 bits per heavy atom. The Bertz CT molecular complexity index is 684. The molecule has 33 heavy (non-hydrogen) atoms. The number of halogens is 2. The second kappa shape index (κ2) is 11.9. The zero-order valence-electron chi connectivity index (χ0n) is 20.8. The molecule has 1 aromatic carbocycles. The molecule has 0 spiro atoms. The summed E-state index contributed by atoms with van der Waals surface area (Å²) in [6.45, 7) is 4.38. The number of anilines is 1. The molecule has 2 aliphatic carbocycles. The lowest BCUT2D eigenvalue weighted by Crippen LogP contribution is -2.38. The SMILES string of the molecule is CCCCCC1CCC(C2CCC(C(F)(F)Oc3ccc(N4CCCCC4)cc3)CC2)CC1. The minimum absolute atomic E-state index is 0.296. The number of rotatable bonds is 9. The van der Waals surface area contributed by atoms with Crippen LogP contribution in [0.3, 0.4) is 0 Å². The zero-order chi connectivity index (χ0) is 23.1. The van der Waals surface area contributed by atoms with Gasteiger partial charge in [0.15, 0.2) is 0 Å². The van der Waals surface area contributed by atoms with Crippen LogP contribution in [0.2, 0.25) is 0 Å². The molecule has 1 aromatic rings. The van der Waals surface area contributed by atoms with Gasteiger partial charge in [0.1, 0.15) is 5.75 Å². The van der Waals surface area contributed by atoms with Crippen LogP contribution in [0.5, 0.6) is 5.75 Å². The first kappa shape index (κ1) is 24.8. The molecule has 0 aromatic heterocycles. The fourth-order valence-corrected chi connectivity index (χ4v) is 6.68. The lowest BCUT2D eigenvalue weighted by Gasteiger charge is -2.39. The van der Waals surface area contributed by atoms with Crippen molar-refractivity contribution in [2.75, 3.05) is 18.0 Å². The van der Waals surface area contributed by atoms with Crippen molar-refractivity contribution in [1.82, 2.24) is 0 Å². The molecule has 0 atom stereocenters. The van der Waals surface area contributed by atoms with E-state index in [1.807, 2.05) is 12.1 Å². The molecule has 2 nitrogen and oxygen atoms in total. The van der Waals surface area contributed by atoms with Crippen molar-refractivity contribution < 1.29 is 13.5 Å². The third-order valence-electron chi connectivity index (χ3n) is 8.83. The van der Waals surface area contributed by atoms with E-state index in [0.29, 0.717) is 24.5 Å². The molecule has 0 radical (unpaired) electrons. The van der Waals surface area contributed by atoms with Gasteiger partial charge in [0, 0.05) is 18.8 Å². The first-order valence-corrected chi connectivity index (χ1v) is 14.0. The highest BCUT2D eigenvalue weighted by Gasteiger charge is 2.45. The zero-order valence-corrected chi connectivity index (χ0v) is 20.8. The molecule has 4 rings (SSSR count). The fraction of sp³-hybridized carbons (Fsp3) is 0.793. The quantitative estimate of drug-likeness (QED) is 0.341. The highest BCUT2D eigenvalue weighted by Crippen LogP contribution is 2.46. The van der Waals surface area contributed by atoms with E-state index in [-0.39, 0.29) is 0 Å². The predicted octanol–water partition coefficient (Wildman–Crippen LogP) is 8.84. The van der Waals surface area contributed by atoms with E-state index in [0.717, 1.165) is 43.5 Å². The highest BCUT2D eigenvalue weighted by atomic mass is 19.3. The average Bonchev–Trinajstić information content (AvgIpc) is 2.86. The van der Waals surface area contributed by atoms with Crippen LogP contribution >= 0.6 is 0 Å². The molecule has 1 aliphatic heterocycles. The molecule has 0 unspecified atom stereocenters. The van der Waals surface area contributed by atoms with Crippen molar-refractivity contribution in [3.8, 4) is 5.75 Å². The van der Waals surface area contributed by atoms with Crippen LogP contribution in [0.15, 0.2) is 24.3 Å². The molecule has 1 heterocycles. The Labute approximate surface area is 200 Å². The summed E-state index contributed by atoms with van der Waals surface area (Å²) in [6.07, 6.45) is 14.5. The summed E-state index contributed by atoms with van der Waals surface area (Å²) >= 11 is 0. The molecule has 3 fully saturated rings. The number of nitrogens with zero attached hydrogens (tertiary/aromatic N) is 1. The third-order valence-corrected chi connectivity index (χ3v) is 8.83. The molecule has 4 heteroatoms. The average molecular weight is 462 g/mol. The minimum Gasteiger partial charge on any atom is -0.432 e. The number of unbranched alkanes of at least 4 members (excludes halogenated alkanes) is 2. The van der Waals surface area contributed by atoms with E-state index in [4.69, 9.17) is 4.74 Å². The smallest absolute Gasteiger partial charge is 0.400 e. The van der Waals surface area contributed by atoms with Crippen LogP contribution in [0.25, 0.3) is 0 Å². The van der Waals surface area contributed by atoms with E-state index in [1.165, 1.54) is 70.6 Å². The van der Waals surface area contributed by atoms with E-state index in [9.17, 15) is 8.78 Å². The van der Waals surface area contributed by atoms with Gasteiger partial charge in [-0.15, -0.1) is 0 Å². The van der Waals surface area contributed by atoms with Crippen molar-refractivity contribution in [2.45, 2.75) is 109 Å². The Morgan fingerprint density at radius 3 is 2.03 bits per heavy atom. The minimum atomic E-state index is -3.07. The molecule has 2 saturated carbocycles. The number of benzene rings is 1. The first-order chi connectivity index (χ1) is 16.0. The van der Waals surface area contributed by atoms with Gasteiger partial charge in [0.2, 0.25) is 0 Å². The lowest BCUT2D eigenvalue weighted by atomic mass is 9.68. The summed E-state index contributed by atoms with van der Waals surface area (Å²) in [5.74, 6) is 1.98. The Kier molecular flexibility index (Phi) is 8.93. The van der Waals surface area contributed by atoms with Crippen LogP contribution < -0.4 is 9.64 Å². The Balaban J connectivity index is 1.21. The van der Waals surface area contributed by atoms with Crippen LogP contribution in [0.4, 0.5) is 14.5 Å². The molecule has 186 valence electrons. The summed E-state index contributed by atoms with van der Waals surface area (Å²) in [5.41, 5.74) is 1.12. The number of hydrogen-bond acceptors (Lipinski definition) is 2. The number of ether oxygens (including phenoxy) is 1. The maximum Gasteiger partial charge on any atom is 0.400 e. The number of piperidine rings is 1. The van der Waals surface area contributed by atoms with Crippen LogP contribution in [-0.2, 0) is 0 Å². The van der Waals surface area contributed by atoms with Crippen LogP contribution in [-0.4, -0.2) is 19.2 Å². The van der Waals surface area contributed by atoms with E-state index in [1.54, 1.807) is 12.1 Å². The predicted molar refractivity (Wildman–Crippen MR) is 133 cm³/mol. The maximum atomic E-state index is 15.0. The molecular formula is C29H45F2NO. The fourth-order valence-electron chi connectivity index (χ4n) is 6.68. The van der Waals surface area contributed by atoms with Gasteiger partial charge < -0.3 is 9.64 Å². The van der Waals surface area contributed by atoms with Gasteiger partial charge in [-0.2, -0.15) is 8.78 Å². The van der Waals surface area contributed by atoms with Crippen LogP contribution in [0.1, 0.15) is 103 Å². The maximum absolute atomic E-state index is 15.0. The van der Waals surface area contributed by atoms with Crippen molar-refractivity contribution in [3.63, 3.8) is 0 Å². The molecule has 0 bridgehead atoms. The Morgan fingerprint density at radius 1 is 0.818 bits per heavy atom. The normalized spacial score (nSPS) is 29.1. The summed E-state index contributed by atoms with van der Waals surface area (Å²) < 4.78 is 35.2. The standard InChI is InChI=1S/C29H45F2NO/c1-2-3-5-8-23-9-11-24(12-10-23)25-13-15-26(16-14-25)29(30,31)33-28-19-17-27(18-20-28)32-21-6-4-7-22-32/h17-20,23-26H,2-16,21-22H2,1H3. The van der Waals surface area contributed by atoms with Crippen molar-refractivity contribution in [2.24, 2.45) is 23.7 Å². The van der Waals surface area contributed by atoms with E-state index < -0.39 is 12.0 Å². The highest BCUT2D eigenvalue weighted by molar-refractivity contribution is 5.49. The number of alkyl halides is 2. The molecule has 1 saturated heterocycles. The summed E-state index contributed by atoms with van der Waals surface area (Å²) in [7, 11) is 0. The monoisotopic (exact) mass is 461 g/mol. The van der Waals surface area contributed by atoms with Gasteiger partial charge in [-0.3, -0.25) is 0 Å². The third kappa shape index (κ3) is 6.85. The van der Waals surface area contributed by atoms with Gasteiger partial charge in [-0.05, 0) is 99.8 Å². The largest absolute Gasteiger partial charge is 0.432 e. The van der Waals surface area contributed by atoms with Gasteiger partial charge >= 0.3 is 6.11 Å². The second-order valence-corrected chi connectivity index (χ2v) is 11.1. The topological polar surface area (TPSA) is 12.5 Å². The van der Waals surface area contributed by atoms with Crippen molar-refractivity contribution in [3.05, 3.63) is 24.3 Å². The second-order valence-electron chi connectivity index (χ2n) is 11.1. The first-order valence-electron chi connectivity index (χ1n) is 14.0.